The Labute approximate surface area is 198 Å². The summed E-state index contributed by atoms with van der Waals surface area (Å²) in [5, 5.41) is 9.30. The van der Waals surface area contributed by atoms with Crippen LogP contribution in [0.5, 0.6) is 0 Å². The lowest BCUT2D eigenvalue weighted by Gasteiger charge is -2.35. The molecular weight excluding hydrogens is 493 g/mol. The van der Waals surface area contributed by atoms with Crippen molar-refractivity contribution in [2.45, 2.75) is 45.1 Å². The number of aliphatic imine (C=N–C) groups is 1. The van der Waals surface area contributed by atoms with E-state index in [4.69, 9.17) is 4.74 Å². The second-order valence-electron chi connectivity index (χ2n) is 8.47. The van der Waals surface area contributed by atoms with E-state index >= 15 is 0 Å². The van der Waals surface area contributed by atoms with E-state index in [-0.39, 0.29) is 41.8 Å². The molecule has 0 aromatic heterocycles. The highest BCUT2D eigenvalue weighted by Gasteiger charge is 2.21. The molecule has 1 aliphatic heterocycles. The lowest BCUT2D eigenvalue weighted by atomic mass is 9.87. The summed E-state index contributed by atoms with van der Waals surface area (Å²) in [6.07, 6.45) is 2.06. The van der Waals surface area contributed by atoms with Gasteiger partial charge in [-0.3, -0.25) is 9.79 Å². The van der Waals surface area contributed by atoms with E-state index in [0.29, 0.717) is 25.2 Å². The molecule has 0 atom stereocenters. The summed E-state index contributed by atoms with van der Waals surface area (Å²) in [5.74, 6) is 0.596. The first kappa shape index (κ1) is 26.5. The molecule has 0 radical (unpaired) electrons. The topological polar surface area (TPSA) is 78.0 Å². The van der Waals surface area contributed by atoms with Crippen LogP contribution in [0.2, 0.25) is 0 Å². The summed E-state index contributed by atoms with van der Waals surface area (Å²) < 4.78 is 4.93. The largest absolute Gasteiger partial charge is 0.383 e. The maximum Gasteiger partial charge on any atom is 0.239 e. The maximum absolute atomic E-state index is 11.8. The number of piperidine rings is 1. The van der Waals surface area contributed by atoms with Gasteiger partial charge in [0.15, 0.2) is 5.96 Å². The molecule has 1 aromatic rings. The number of ether oxygens (including phenoxy) is 1. The minimum atomic E-state index is -0.0708. The fourth-order valence-corrected chi connectivity index (χ4v) is 3.36. The van der Waals surface area contributed by atoms with Crippen molar-refractivity contribution < 1.29 is 9.53 Å². The summed E-state index contributed by atoms with van der Waals surface area (Å²) in [6, 6.07) is 9.29. The van der Waals surface area contributed by atoms with Gasteiger partial charge in [0.2, 0.25) is 5.91 Å². The first-order chi connectivity index (χ1) is 13.8. The number of benzene rings is 1. The van der Waals surface area contributed by atoms with Crippen LogP contribution in [0.1, 0.15) is 39.2 Å². The van der Waals surface area contributed by atoms with Crippen LogP contribution in [0.4, 0.5) is 5.69 Å². The number of guanidine groups is 1. The van der Waals surface area contributed by atoms with Gasteiger partial charge in [0.1, 0.15) is 0 Å². The van der Waals surface area contributed by atoms with Gasteiger partial charge in [-0.05, 0) is 36.0 Å². The van der Waals surface area contributed by atoms with Crippen LogP contribution in [-0.4, -0.2) is 64.9 Å². The smallest absolute Gasteiger partial charge is 0.239 e. The van der Waals surface area contributed by atoms with Crippen molar-refractivity contribution in [2.24, 2.45) is 4.99 Å². The van der Waals surface area contributed by atoms with E-state index < -0.39 is 0 Å². The molecule has 0 aliphatic carbocycles. The highest BCUT2D eigenvalue weighted by atomic mass is 127. The lowest BCUT2D eigenvalue weighted by Crippen LogP contribution is -2.50. The van der Waals surface area contributed by atoms with Gasteiger partial charge in [-0.1, -0.05) is 32.9 Å². The minimum Gasteiger partial charge on any atom is -0.383 e. The molecule has 7 nitrogen and oxygen atoms in total. The van der Waals surface area contributed by atoms with Crippen molar-refractivity contribution in [1.29, 1.82) is 0 Å². The minimum absolute atomic E-state index is 0. The highest BCUT2D eigenvalue weighted by molar-refractivity contribution is 14.0. The van der Waals surface area contributed by atoms with Crippen LogP contribution < -0.4 is 20.9 Å². The number of hydrogen-bond acceptors (Lipinski definition) is 4. The third kappa shape index (κ3) is 8.67. The zero-order valence-corrected chi connectivity index (χ0v) is 21.3. The van der Waals surface area contributed by atoms with Crippen LogP contribution in [0.25, 0.3) is 0 Å². The van der Waals surface area contributed by atoms with Crippen molar-refractivity contribution in [3.8, 4) is 0 Å². The molecule has 1 aromatic carbocycles. The van der Waals surface area contributed by atoms with Gasteiger partial charge in [-0.2, -0.15) is 0 Å². The Kier molecular flexibility index (Phi) is 11.5. The molecule has 8 heteroatoms. The predicted molar refractivity (Wildman–Crippen MR) is 135 cm³/mol. The third-order valence-corrected chi connectivity index (χ3v) is 5.20. The van der Waals surface area contributed by atoms with E-state index in [2.05, 4.69) is 70.9 Å². The van der Waals surface area contributed by atoms with Gasteiger partial charge < -0.3 is 25.6 Å². The third-order valence-electron chi connectivity index (χ3n) is 5.20. The normalized spacial score (nSPS) is 15.4. The fraction of sp³-hybridized carbons (Fsp3) is 0.636. The summed E-state index contributed by atoms with van der Waals surface area (Å²) in [7, 11) is 3.34. The molecule has 30 heavy (non-hydrogen) atoms. The summed E-state index contributed by atoms with van der Waals surface area (Å²) in [4.78, 5) is 18.5. The van der Waals surface area contributed by atoms with Crippen molar-refractivity contribution >= 4 is 41.5 Å². The molecule has 0 saturated carbocycles. The lowest BCUT2D eigenvalue weighted by molar-refractivity contribution is -0.120. The number of carbonyl (C=O) groups is 1. The standard InChI is InChI=1S/C22H37N5O2.HI/c1-22(2,3)17-6-8-19(9-7-17)27-13-10-18(11-14-27)26-21(23-4)25-16-20(28)24-12-15-29-5;/h6-9,18H,10-16H2,1-5H3,(H,24,28)(H2,23,25,26);1H. The predicted octanol–water partition coefficient (Wildman–Crippen LogP) is 2.50. The number of anilines is 1. The Morgan fingerprint density at radius 3 is 2.33 bits per heavy atom. The number of nitrogens with zero attached hydrogens (tertiary/aromatic N) is 2. The molecule has 170 valence electrons. The Balaban J connectivity index is 0.00000450. The number of hydrogen-bond donors (Lipinski definition) is 3. The van der Waals surface area contributed by atoms with Gasteiger partial charge in [0.05, 0.1) is 13.2 Å². The molecule has 1 fully saturated rings. The quantitative estimate of drug-likeness (QED) is 0.218. The number of amides is 1. The van der Waals surface area contributed by atoms with Crippen molar-refractivity contribution in [3.63, 3.8) is 0 Å². The van der Waals surface area contributed by atoms with Crippen LogP contribution in [-0.2, 0) is 14.9 Å². The summed E-state index contributed by atoms with van der Waals surface area (Å²) in [6.45, 7) is 9.94. The number of nitrogens with one attached hydrogen (secondary N) is 3. The van der Waals surface area contributed by atoms with Gasteiger partial charge in [-0.15, -0.1) is 24.0 Å². The molecule has 0 bridgehead atoms. The molecule has 3 N–H and O–H groups in total. The number of methoxy groups -OCH3 is 1. The van der Waals surface area contributed by atoms with E-state index in [1.807, 2.05) is 0 Å². The van der Waals surface area contributed by atoms with E-state index in [1.54, 1.807) is 14.2 Å². The van der Waals surface area contributed by atoms with Gasteiger partial charge in [-0.25, -0.2) is 0 Å². The zero-order valence-electron chi connectivity index (χ0n) is 19.0. The molecule has 0 unspecified atom stereocenters. The van der Waals surface area contributed by atoms with Crippen molar-refractivity contribution in [1.82, 2.24) is 16.0 Å². The molecule has 1 amide bonds. The van der Waals surface area contributed by atoms with Crippen molar-refractivity contribution in [3.05, 3.63) is 29.8 Å². The second-order valence-corrected chi connectivity index (χ2v) is 8.47. The van der Waals surface area contributed by atoms with Crippen LogP contribution in [0.15, 0.2) is 29.3 Å². The molecular formula is C22H38IN5O2. The average molecular weight is 531 g/mol. The van der Waals surface area contributed by atoms with Crippen LogP contribution in [0.3, 0.4) is 0 Å². The van der Waals surface area contributed by atoms with Gasteiger partial charge in [0, 0.05) is 45.5 Å². The molecule has 1 aliphatic rings. The molecule has 1 saturated heterocycles. The molecule has 1 heterocycles. The highest BCUT2D eigenvalue weighted by Crippen LogP contribution is 2.26. The van der Waals surface area contributed by atoms with Crippen LogP contribution >= 0.6 is 24.0 Å². The van der Waals surface area contributed by atoms with E-state index in [1.165, 1.54) is 11.3 Å². The van der Waals surface area contributed by atoms with Crippen LogP contribution in [0, 0.1) is 0 Å². The Morgan fingerprint density at radius 2 is 1.80 bits per heavy atom. The first-order valence-electron chi connectivity index (χ1n) is 10.4. The second kappa shape index (κ2) is 13.0. The Morgan fingerprint density at radius 1 is 1.17 bits per heavy atom. The summed E-state index contributed by atoms with van der Waals surface area (Å²) in [5.41, 5.74) is 2.82. The van der Waals surface area contributed by atoms with Crippen molar-refractivity contribution in [2.75, 3.05) is 51.8 Å². The van der Waals surface area contributed by atoms with E-state index in [9.17, 15) is 4.79 Å². The van der Waals surface area contributed by atoms with Gasteiger partial charge in [0.25, 0.3) is 0 Å². The van der Waals surface area contributed by atoms with E-state index in [0.717, 1.165) is 25.9 Å². The van der Waals surface area contributed by atoms with Gasteiger partial charge >= 0.3 is 0 Å². The number of rotatable bonds is 7. The summed E-state index contributed by atoms with van der Waals surface area (Å²) >= 11 is 0. The Bertz CT molecular complexity index is 665. The monoisotopic (exact) mass is 531 g/mol. The maximum atomic E-state index is 11.8. The molecule has 0 spiro atoms. The average Bonchev–Trinajstić information content (AvgIpc) is 2.71. The molecule has 2 rings (SSSR count). The first-order valence-corrected chi connectivity index (χ1v) is 10.4. The SMILES string of the molecule is CN=C(NCC(=O)NCCOC)NC1CCN(c2ccc(C(C)(C)C)cc2)CC1.I. The zero-order chi connectivity index (χ0) is 21.3. The number of carbonyl (C=O) groups excluding carboxylic acids is 1. The fourth-order valence-electron chi connectivity index (χ4n) is 3.36. The number of halogens is 1. The Hall–Kier alpha value is -1.55.